The van der Waals surface area contributed by atoms with Gasteiger partial charge in [0.1, 0.15) is 5.65 Å². The summed E-state index contributed by atoms with van der Waals surface area (Å²) >= 11 is 7.71. The molecule has 0 saturated carbocycles. The van der Waals surface area contributed by atoms with Crippen LogP contribution < -0.4 is 11.1 Å². The number of hydrogen-bond acceptors (Lipinski definition) is 5. The van der Waals surface area contributed by atoms with Gasteiger partial charge in [-0.15, -0.1) is 0 Å². The number of nitrogens with zero attached hydrogens (tertiary/aromatic N) is 4. The van der Waals surface area contributed by atoms with Gasteiger partial charge in [0.25, 0.3) is 11.1 Å². The number of benzene rings is 2. The Labute approximate surface area is 198 Å². The highest BCUT2D eigenvalue weighted by Gasteiger charge is 2.16. The van der Waals surface area contributed by atoms with E-state index in [9.17, 15) is 9.59 Å². The van der Waals surface area contributed by atoms with Crippen LogP contribution in [0.4, 0.5) is 0 Å². The molecule has 0 saturated heterocycles. The van der Waals surface area contributed by atoms with E-state index in [1.807, 2.05) is 56.3 Å². The van der Waals surface area contributed by atoms with Crippen LogP contribution in [0.3, 0.4) is 0 Å². The highest BCUT2D eigenvalue weighted by Crippen LogP contribution is 2.28. The summed E-state index contributed by atoms with van der Waals surface area (Å²) in [7, 11) is 0. The fraction of sp³-hybridized carbons (Fsp3) is 0.120. The van der Waals surface area contributed by atoms with Gasteiger partial charge < -0.3 is 0 Å². The Hall–Kier alpha value is -3.42. The molecule has 0 fully saturated rings. The van der Waals surface area contributed by atoms with Crippen molar-refractivity contribution in [2.75, 3.05) is 0 Å². The van der Waals surface area contributed by atoms with Crippen LogP contribution in [0, 0.1) is 13.8 Å². The second kappa shape index (κ2) is 8.50. The van der Waals surface area contributed by atoms with Gasteiger partial charge in [0.05, 0.1) is 22.3 Å². The quantitative estimate of drug-likeness (QED) is 0.272. The van der Waals surface area contributed by atoms with Crippen LogP contribution in [-0.4, -0.2) is 18.9 Å². The van der Waals surface area contributed by atoms with Crippen LogP contribution >= 0.6 is 23.4 Å². The van der Waals surface area contributed by atoms with E-state index in [4.69, 9.17) is 16.6 Å². The molecule has 0 N–H and O–H groups in total. The zero-order chi connectivity index (χ0) is 23.1. The minimum Gasteiger partial charge on any atom is -0.269 e. The van der Waals surface area contributed by atoms with Crippen LogP contribution in [0.1, 0.15) is 16.8 Å². The Kier molecular flexibility index (Phi) is 5.52. The molecule has 3 aromatic heterocycles. The summed E-state index contributed by atoms with van der Waals surface area (Å²) in [6.45, 7) is 3.83. The van der Waals surface area contributed by atoms with E-state index in [0.717, 1.165) is 11.1 Å². The lowest BCUT2D eigenvalue weighted by atomic mass is 10.2. The van der Waals surface area contributed by atoms with Crippen LogP contribution in [0.15, 0.2) is 81.6 Å². The van der Waals surface area contributed by atoms with Crippen LogP contribution in [0.25, 0.3) is 22.2 Å². The Morgan fingerprint density at radius 3 is 2.64 bits per heavy atom. The van der Waals surface area contributed by atoms with Crippen molar-refractivity contribution in [1.82, 2.24) is 18.9 Å². The lowest BCUT2D eigenvalue weighted by Gasteiger charge is -2.15. The third-order valence-corrected chi connectivity index (χ3v) is 6.83. The number of thioether (sulfide) groups is 1. The summed E-state index contributed by atoms with van der Waals surface area (Å²) in [5.41, 5.74) is 3.99. The number of halogens is 1. The molecule has 0 aliphatic heterocycles. The van der Waals surface area contributed by atoms with Crippen LogP contribution in [-0.2, 0) is 5.75 Å². The normalized spacial score (nSPS) is 11.4. The highest BCUT2D eigenvalue weighted by atomic mass is 35.5. The molecule has 6 nitrogen and oxygen atoms in total. The topological polar surface area (TPSA) is 69.3 Å². The molecular weight excluding hydrogens is 456 g/mol. The molecule has 0 bridgehead atoms. The summed E-state index contributed by atoms with van der Waals surface area (Å²) in [5, 5.41) is 1.61. The number of aryl methyl sites for hydroxylation is 1. The summed E-state index contributed by atoms with van der Waals surface area (Å²) in [6.07, 6.45) is 1.72. The van der Waals surface area contributed by atoms with Gasteiger partial charge in [0.15, 0.2) is 5.16 Å². The average Bonchev–Trinajstić information content (AvgIpc) is 2.80. The number of hydrogen-bond donors (Lipinski definition) is 0. The van der Waals surface area contributed by atoms with E-state index < -0.39 is 0 Å². The molecule has 5 rings (SSSR count). The largest absolute Gasteiger partial charge is 0.269 e. The first kappa shape index (κ1) is 21.4. The van der Waals surface area contributed by atoms with Crippen molar-refractivity contribution in [1.29, 1.82) is 0 Å². The van der Waals surface area contributed by atoms with Crippen molar-refractivity contribution < 1.29 is 0 Å². The van der Waals surface area contributed by atoms with Crippen LogP contribution in [0.5, 0.6) is 0 Å². The van der Waals surface area contributed by atoms with Crippen molar-refractivity contribution in [3.8, 4) is 5.69 Å². The van der Waals surface area contributed by atoms with Gasteiger partial charge in [-0.05, 0) is 61.4 Å². The molecule has 0 spiro atoms. The van der Waals surface area contributed by atoms with Gasteiger partial charge in [-0.2, -0.15) is 0 Å². The summed E-state index contributed by atoms with van der Waals surface area (Å²) in [4.78, 5) is 35.4. The minimum atomic E-state index is -0.171. The maximum Gasteiger partial charge on any atom is 0.266 e. The Bertz CT molecular complexity index is 1660. The van der Waals surface area contributed by atoms with Gasteiger partial charge in [0, 0.05) is 23.0 Å². The maximum absolute atomic E-state index is 13.5. The molecule has 3 heterocycles. The summed E-state index contributed by atoms with van der Waals surface area (Å²) in [6, 6.07) is 18.0. The molecule has 0 amide bonds. The zero-order valence-corrected chi connectivity index (χ0v) is 19.5. The monoisotopic (exact) mass is 474 g/mol. The summed E-state index contributed by atoms with van der Waals surface area (Å²) < 4.78 is 3.10. The molecule has 0 aliphatic rings. The molecule has 164 valence electrons. The van der Waals surface area contributed by atoms with Gasteiger partial charge >= 0.3 is 0 Å². The van der Waals surface area contributed by atoms with Crippen LogP contribution in [0.2, 0.25) is 5.02 Å². The number of rotatable bonds is 4. The summed E-state index contributed by atoms with van der Waals surface area (Å²) in [5.74, 6) is 0.379. The van der Waals surface area contributed by atoms with E-state index in [-0.39, 0.29) is 11.1 Å². The maximum atomic E-state index is 13.5. The van der Waals surface area contributed by atoms with Crippen molar-refractivity contribution in [3.05, 3.63) is 109 Å². The van der Waals surface area contributed by atoms with Crippen molar-refractivity contribution in [2.24, 2.45) is 0 Å². The second-order valence-corrected chi connectivity index (χ2v) is 9.09. The van der Waals surface area contributed by atoms with Crippen molar-refractivity contribution >= 4 is 39.9 Å². The standard InChI is InChI=1S/C25H19ClN4O2S/c1-15-10-11-29-22(12-15)27-17(13-23(29)31)14-33-25-28-20-8-4-3-6-18(20)24(32)30(25)21-9-5-7-19(26)16(21)2/h3-13H,14H2,1-2H3. The number of fused-ring (bicyclic) bond motifs is 2. The Morgan fingerprint density at radius 2 is 1.79 bits per heavy atom. The Balaban J connectivity index is 1.64. The molecule has 5 aromatic rings. The van der Waals surface area contributed by atoms with E-state index in [0.29, 0.717) is 43.9 Å². The fourth-order valence-electron chi connectivity index (χ4n) is 3.73. The number of pyridine rings is 1. The van der Waals surface area contributed by atoms with Gasteiger partial charge in [-0.1, -0.05) is 41.6 Å². The molecule has 0 aliphatic carbocycles. The lowest BCUT2D eigenvalue weighted by molar-refractivity contribution is 0.814. The second-order valence-electron chi connectivity index (χ2n) is 7.74. The molecule has 8 heteroatoms. The average molecular weight is 475 g/mol. The SMILES string of the molecule is Cc1ccn2c(=O)cc(CSc3nc4ccccc4c(=O)n3-c3cccc(Cl)c3C)nc2c1. The van der Waals surface area contributed by atoms with Gasteiger partial charge in [-0.25, -0.2) is 9.97 Å². The molecule has 2 aromatic carbocycles. The number of para-hydroxylation sites is 1. The minimum absolute atomic E-state index is 0.148. The predicted octanol–water partition coefficient (Wildman–Crippen LogP) is 4.96. The molecule has 33 heavy (non-hydrogen) atoms. The van der Waals surface area contributed by atoms with E-state index in [1.165, 1.54) is 22.2 Å². The smallest absolute Gasteiger partial charge is 0.266 e. The molecule has 0 atom stereocenters. The number of aromatic nitrogens is 4. The van der Waals surface area contributed by atoms with Gasteiger partial charge in [-0.3, -0.25) is 18.6 Å². The zero-order valence-electron chi connectivity index (χ0n) is 17.9. The molecular formula is C25H19ClN4O2S. The highest BCUT2D eigenvalue weighted by molar-refractivity contribution is 7.98. The third-order valence-electron chi connectivity index (χ3n) is 5.45. The van der Waals surface area contributed by atoms with Gasteiger partial charge in [0.2, 0.25) is 0 Å². The van der Waals surface area contributed by atoms with E-state index in [1.54, 1.807) is 22.9 Å². The molecule has 0 unspecified atom stereocenters. The van der Waals surface area contributed by atoms with E-state index >= 15 is 0 Å². The fourth-order valence-corrected chi connectivity index (χ4v) is 4.79. The first-order valence-corrected chi connectivity index (χ1v) is 11.7. The first-order valence-electron chi connectivity index (χ1n) is 10.3. The predicted molar refractivity (Wildman–Crippen MR) is 133 cm³/mol. The Morgan fingerprint density at radius 1 is 0.970 bits per heavy atom. The molecule has 0 radical (unpaired) electrons. The first-order chi connectivity index (χ1) is 15.9. The van der Waals surface area contributed by atoms with E-state index in [2.05, 4.69) is 4.98 Å². The third kappa shape index (κ3) is 3.94. The van der Waals surface area contributed by atoms with Crippen molar-refractivity contribution in [2.45, 2.75) is 24.8 Å². The van der Waals surface area contributed by atoms with Crippen molar-refractivity contribution in [3.63, 3.8) is 0 Å². The lowest BCUT2D eigenvalue weighted by Crippen LogP contribution is -2.22.